The van der Waals surface area contributed by atoms with E-state index in [1.54, 1.807) is 18.2 Å². The lowest BCUT2D eigenvalue weighted by atomic mass is 9.95. The van der Waals surface area contributed by atoms with Crippen molar-refractivity contribution in [3.63, 3.8) is 0 Å². The first-order valence-corrected chi connectivity index (χ1v) is 6.55. The van der Waals surface area contributed by atoms with Gasteiger partial charge in [-0.2, -0.15) is 0 Å². The second-order valence-corrected chi connectivity index (χ2v) is 5.78. The summed E-state index contributed by atoms with van der Waals surface area (Å²) in [5.74, 6) is 0.221. The van der Waals surface area contributed by atoms with E-state index in [2.05, 4.69) is 5.32 Å². The molecule has 0 atom stereocenters. The Morgan fingerprint density at radius 3 is 2.63 bits per heavy atom. The number of hydrogen-bond donors (Lipinski definition) is 2. The Kier molecular flexibility index (Phi) is 5.91. The molecule has 19 heavy (non-hydrogen) atoms. The van der Waals surface area contributed by atoms with Crippen LogP contribution in [0.2, 0.25) is 10.0 Å². The molecule has 0 aliphatic rings. The molecule has 0 saturated heterocycles. The van der Waals surface area contributed by atoms with E-state index in [4.69, 9.17) is 33.0 Å². The number of carbonyl (C=O) groups is 1. The van der Waals surface area contributed by atoms with Gasteiger partial charge in [-0.25, -0.2) is 0 Å². The summed E-state index contributed by atoms with van der Waals surface area (Å²) in [6.45, 7) is 3.98. The van der Waals surface area contributed by atoms with Crippen molar-refractivity contribution in [1.82, 2.24) is 5.32 Å². The number of hydrogen-bond acceptors (Lipinski definition) is 3. The van der Waals surface area contributed by atoms with Crippen molar-refractivity contribution in [1.29, 1.82) is 0 Å². The molecule has 0 aliphatic heterocycles. The Labute approximate surface area is 122 Å². The summed E-state index contributed by atoms with van der Waals surface area (Å²) in [7, 11) is 0. The van der Waals surface area contributed by atoms with Crippen molar-refractivity contribution < 1.29 is 14.6 Å². The van der Waals surface area contributed by atoms with Crippen LogP contribution in [0.5, 0.6) is 5.75 Å². The lowest BCUT2D eigenvalue weighted by Gasteiger charge is -2.21. The van der Waals surface area contributed by atoms with Crippen molar-refractivity contribution in [2.45, 2.75) is 13.8 Å². The van der Waals surface area contributed by atoms with Gasteiger partial charge in [0.15, 0.2) is 6.61 Å². The van der Waals surface area contributed by atoms with E-state index in [0.717, 1.165) is 0 Å². The highest BCUT2D eigenvalue weighted by Crippen LogP contribution is 2.26. The van der Waals surface area contributed by atoms with Crippen molar-refractivity contribution in [3.05, 3.63) is 28.2 Å². The fourth-order valence-electron chi connectivity index (χ4n) is 1.16. The van der Waals surface area contributed by atoms with Crippen molar-refractivity contribution in [2.24, 2.45) is 5.41 Å². The van der Waals surface area contributed by atoms with Gasteiger partial charge < -0.3 is 15.2 Å². The molecule has 0 unspecified atom stereocenters. The van der Waals surface area contributed by atoms with Gasteiger partial charge in [0.05, 0.1) is 10.0 Å². The van der Waals surface area contributed by atoms with Crippen LogP contribution >= 0.6 is 23.2 Å². The molecule has 1 aromatic rings. The zero-order valence-electron chi connectivity index (χ0n) is 10.9. The van der Waals surface area contributed by atoms with Crippen LogP contribution in [0.3, 0.4) is 0 Å². The van der Waals surface area contributed by atoms with E-state index in [1.165, 1.54) is 0 Å². The lowest BCUT2D eigenvalue weighted by Crippen LogP contribution is -2.38. The Balaban J connectivity index is 2.40. The largest absolute Gasteiger partial charge is 0.484 e. The fraction of sp³-hybridized carbons (Fsp3) is 0.462. The Hall–Kier alpha value is -0.970. The molecule has 2 N–H and O–H groups in total. The topological polar surface area (TPSA) is 58.6 Å². The summed E-state index contributed by atoms with van der Waals surface area (Å²) < 4.78 is 5.28. The molecular formula is C13H17Cl2NO3. The molecule has 0 aliphatic carbocycles. The first kappa shape index (κ1) is 16.1. The monoisotopic (exact) mass is 305 g/mol. The second-order valence-electron chi connectivity index (χ2n) is 4.96. The lowest BCUT2D eigenvalue weighted by molar-refractivity contribution is -0.123. The summed E-state index contributed by atoms with van der Waals surface area (Å²) in [4.78, 5) is 11.6. The van der Waals surface area contributed by atoms with E-state index in [1.807, 2.05) is 13.8 Å². The summed E-state index contributed by atoms with van der Waals surface area (Å²) in [6, 6.07) is 4.79. The molecule has 4 nitrogen and oxygen atoms in total. The summed E-state index contributed by atoms with van der Waals surface area (Å²) in [5.41, 5.74) is -0.348. The first-order valence-electron chi connectivity index (χ1n) is 5.79. The maximum Gasteiger partial charge on any atom is 0.257 e. The van der Waals surface area contributed by atoms with Gasteiger partial charge in [-0.05, 0) is 12.1 Å². The molecule has 0 aromatic heterocycles. The zero-order valence-corrected chi connectivity index (χ0v) is 12.4. The Morgan fingerprint density at radius 2 is 2.05 bits per heavy atom. The van der Waals surface area contributed by atoms with Crippen LogP contribution in [-0.2, 0) is 4.79 Å². The molecule has 0 bridgehead atoms. The summed E-state index contributed by atoms with van der Waals surface area (Å²) >= 11 is 11.6. The molecule has 106 valence electrons. The average Bonchev–Trinajstić information content (AvgIpc) is 2.38. The molecule has 1 amide bonds. The molecule has 0 saturated carbocycles. The summed E-state index contributed by atoms with van der Waals surface area (Å²) in [6.07, 6.45) is 0. The molecule has 0 spiro atoms. The van der Waals surface area contributed by atoms with E-state index in [9.17, 15) is 4.79 Å². The number of halogens is 2. The smallest absolute Gasteiger partial charge is 0.257 e. The van der Waals surface area contributed by atoms with Crippen molar-refractivity contribution in [3.8, 4) is 5.75 Å². The Bertz CT molecular complexity index is 450. The summed E-state index contributed by atoms with van der Waals surface area (Å²) in [5, 5.41) is 12.6. The molecule has 0 fully saturated rings. The third-order valence-corrected chi connectivity index (χ3v) is 3.19. The molecule has 6 heteroatoms. The second kappa shape index (κ2) is 6.98. The van der Waals surface area contributed by atoms with Crippen LogP contribution in [0.15, 0.2) is 18.2 Å². The quantitative estimate of drug-likeness (QED) is 0.849. The average molecular weight is 306 g/mol. The maximum absolute atomic E-state index is 11.6. The zero-order chi connectivity index (χ0) is 14.5. The molecule has 0 heterocycles. The predicted octanol–water partition coefficient (Wildman–Crippen LogP) is 2.51. The normalized spacial score (nSPS) is 11.2. The first-order chi connectivity index (χ1) is 8.84. The standard InChI is InChI=1S/C13H17Cl2NO3/c1-13(2,8-17)7-16-12(18)6-19-9-3-4-10(14)11(15)5-9/h3-5,17H,6-8H2,1-2H3,(H,16,18). The van der Waals surface area contributed by atoms with E-state index < -0.39 is 0 Å². The van der Waals surface area contributed by atoms with Gasteiger partial charge >= 0.3 is 0 Å². The highest BCUT2D eigenvalue weighted by atomic mass is 35.5. The molecule has 0 radical (unpaired) electrons. The number of ether oxygens (including phenoxy) is 1. The fourth-order valence-corrected chi connectivity index (χ4v) is 1.45. The van der Waals surface area contributed by atoms with Gasteiger partial charge in [0.25, 0.3) is 5.91 Å². The van der Waals surface area contributed by atoms with Gasteiger partial charge in [-0.3, -0.25) is 4.79 Å². The van der Waals surface area contributed by atoms with Gasteiger partial charge in [-0.1, -0.05) is 37.0 Å². The van der Waals surface area contributed by atoms with Gasteiger partial charge in [0.2, 0.25) is 0 Å². The van der Waals surface area contributed by atoms with Crippen LogP contribution in [0.1, 0.15) is 13.8 Å². The van der Waals surface area contributed by atoms with E-state index in [-0.39, 0.29) is 24.5 Å². The molecule has 1 aromatic carbocycles. The minimum absolute atomic E-state index is 0.000922. The van der Waals surface area contributed by atoms with E-state index in [0.29, 0.717) is 22.3 Å². The third kappa shape index (κ3) is 5.68. The maximum atomic E-state index is 11.6. The number of aliphatic hydroxyl groups excluding tert-OH is 1. The number of aliphatic hydroxyl groups is 1. The Morgan fingerprint density at radius 1 is 1.37 bits per heavy atom. The number of rotatable bonds is 6. The van der Waals surface area contributed by atoms with E-state index >= 15 is 0 Å². The van der Waals surface area contributed by atoms with Crippen LogP contribution < -0.4 is 10.1 Å². The molecule has 1 rings (SSSR count). The van der Waals surface area contributed by atoms with Gasteiger partial charge in [0, 0.05) is 24.6 Å². The number of carbonyl (C=O) groups excluding carboxylic acids is 1. The predicted molar refractivity (Wildman–Crippen MR) is 75.8 cm³/mol. The van der Waals surface area contributed by atoms with Crippen molar-refractivity contribution in [2.75, 3.05) is 19.8 Å². The van der Waals surface area contributed by atoms with Crippen LogP contribution in [0.4, 0.5) is 0 Å². The highest BCUT2D eigenvalue weighted by Gasteiger charge is 2.17. The van der Waals surface area contributed by atoms with Crippen LogP contribution in [0, 0.1) is 5.41 Å². The molecular weight excluding hydrogens is 289 g/mol. The minimum Gasteiger partial charge on any atom is -0.484 e. The SMILES string of the molecule is CC(C)(CO)CNC(=O)COc1ccc(Cl)c(Cl)c1. The highest BCUT2D eigenvalue weighted by molar-refractivity contribution is 6.42. The van der Waals surface area contributed by atoms with Crippen molar-refractivity contribution >= 4 is 29.1 Å². The number of amides is 1. The third-order valence-electron chi connectivity index (χ3n) is 2.45. The van der Waals surface area contributed by atoms with Crippen LogP contribution in [0.25, 0.3) is 0 Å². The number of nitrogens with one attached hydrogen (secondary N) is 1. The minimum atomic E-state index is -0.348. The van der Waals surface area contributed by atoms with Gasteiger partial charge in [-0.15, -0.1) is 0 Å². The van der Waals surface area contributed by atoms with Gasteiger partial charge in [0.1, 0.15) is 5.75 Å². The van der Waals surface area contributed by atoms with Crippen LogP contribution in [-0.4, -0.2) is 30.8 Å². The number of benzene rings is 1.